The van der Waals surface area contributed by atoms with Crippen molar-refractivity contribution in [2.75, 3.05) is 0 Å². The molecule has 0 spiro atoms. The standard InChI is InChI=1S/C12H6BF13O2/c14-7(15,5-1-3-6(4-2-5)13(27)28)8(16,17)9(18,19)10(20,21)11(22,23)12(24,25)26/h1-4,27-28H. The molecule has 1 rings (SSSR count). The van der Waals surface area contributed by atoms with Crippen LogP contribution in [0.3, 0.4) is 0 Å². The largest absolute Gasteiger partial charge is 0.488 e. The average molecular weight is 440 g/mol. The lowest BCUT2D eigenvalue weighted by Crippen LogP contribution is -2.69. The SMILES string of the molecule is OB(O)c1ccc(C(F)(F)C(F)(F)C(F)(F)C(F)(F)C(F)(F)C(F)(F)F)cc1. The Balaban J connectivity index is 3.52. The molecule has 0 atom stereocenters. The third-order valence-electron chi connectivity index (χ3n) is 3.50. The van der Waals surface area contributed by atoms with E-state index >= 15 is 0 Å². The van der Waals surface area contributed by atoms with Crippen LogP contribution in [0.4, 0.5) is 57.1 Å². The Morgan fingerprint density at radius 1 is 0.536 bits per heavy atom. The van der Waals surface area contributed by atoms with Crippen molar-refractivity contribution in [1.82, 2.24) is 0 Å². The van der Waals surface area contributed by atoms with Crippen molar-refractivity contribution in [2.24, 2.45) is 0 Å². The van der Waals surface area contributed by atoms with Gasteiger partial charge < -0.3 is 10.0 Å². The van der Waals surface area contributed by atoms with E-state index in [1.165, 1.54) is 0 Å². The molecule has 0 saturated heterocycles. The van der Waals surface area contributed by atoms with Crippen molar-refractivity contribution in [3.63, 3.8) is 0 Å². The maximum absolute atomic E-state index is 13.8. The smallest absolute Gasteiger partial charge is 0.423 e. The van der Waals surface area contributed by atoms with Crippen molar-refractivity contribution in [3.05, 3.63) is 29.8 Å². The molecule has 0 aromatic heterocycles. The van der Waals surface area contributed by atoms with Crippen LogP contribution in [0.5, 0.6) is 0 Å². The minimum absolute atomic E-state index is 0.168. The summed E-state index contributed by atoms with van der Waals surface area (Å²) in [7, 11) is -2.35. The molecule has 0 fully saturated rings. The van der Waals surface area contributed by atoms with Crippen LogP contribution in [0.15, 0.2) is 24.3 Å². The van der Waals surface area contributed by atoms with E-state index in [9.17, 15) is 57.1 Å². The van der Waals surface area contributed by atoms with Crippen LogP contribution < -0.4 is 5.46 Å². The summed E-state index contributed by atoms with van der Waals surface area (Å²) in [5.41, 5.74) is -2.85. The minimum atomic E-state index is -7.97. The van der Waals surface area contributed by atoms with E-state index in [0.717, 1.165) is 0 Å². The van der Waals surface area contributed by atoms with Gasteiger partial charge in [0.1, 0.15) is 0 Å². The predicted octanol–water partition coefficient (Wildman–Crippen LogP) is 3.56. The zero-order valence-electron chi connectivity index (χ0n) is 12.7. The second kappa shape index (κ2) is 6.67. The molecule has 0 heterocycles. The fourth-order valence-electron chi connectivity index (χ4n) is 1.82. The number of halogens is 13. The fourth-order valence-corrected chi connectivity index (χ4v) is 1.82. The molecule has 0 amide bonds. The maximum atomic E-state index is 13.8. The molecule has 16 heteroatoms. The van der Waals surface area contributed by atoms with Crippen LogP contribution in [0, 0.1) is 0 Å². The molecule has 28 heavy (non-hydrogen) atoms. The lowest BCUT2D eigenvalue weighted by molar-refractivity contribution is -0.441. The zero-order valence-corrected chi connectivity index (χ0v) is 12.7. The van der Waals surface area contributed by atoms with Crippen LogP contribution in [0.25, 0.3) is 0 Å². The first kappa shape index (κ1) is 24.3. The van der Waals surface area contributed by atoms with Gasteiger partial charge in [0.2, 0.25) is 0 Å². The highest BCUT2D eigenvalue weighted by Gasteiger charge is 2.90. The molecule has 0 aliphatic rings. The molecule has 0 aliphatic carbocycles. The fraction of sp³-hybridized carbons (Fsp3) is 0.500. The van der Waals surface area contributed by atoms with E-state index in [2.05, 4.69) is 0 Å². The van der Waals surface area contributed by atoms with Crippen LogP contribution in [-0.4, -0.2) is 47.0 Å². The van der Waals surface area contributed by atoms with Gasteiger partial charge in [0.25, 0.3) is 0 Å². The summed E-state index contributed by atoms with van der Waals surface area (Å²) in [4.78, 5) is 0. The summed E-state index contributed by atoms with van der Waals surface area (Å²) in [5.74, 6) is -37.4. The van der Waals surface area contributed by atoms with Crippen LogP contribution in [0.1, 0.15) is 5.56 Å². The van der Waals surface area contributed by atoms with Gasteiger partial charge in [0.15, 0.2) is 0 Å². The van der Waals surface area contributed by atoms with E-state index in [0.29, 0.717) is 0 Å². The van der Waals surface area contributed by atoms with Gasteiger partial charge in [-0.1, -0.05) is 24.3 Å². The number of alkyl halides is 13. The first-order valence-electron chi connectivity index (χ1n) is 6.58. The summed E-state index contributed by atoms with van der Waals surface area (Å²) in [5, 5.41) is 17.4. The molecular formula is C12H6BF13O2. The highest BCUT2D eigenvalue weighted by Crippen LogP contribution is 2.61. The number of hydrogen-bond donors (Lipinski definition) is 2. The number of hydrogen-bond acceptors (Lipinski definition) is 2. The molecule has 1 aromatic rings. The maximum Gasteiger partial charge on any atom is 0.488 e. The molecule has 1 aromatic carbocycles. The zero-order chi connectivity index (χ0) is 22.6. The Hall–Kier alpha value is -1.71. The van der Waals surface area contributed by atoms with Crippen molar-refractivity contribution in [3.8, 4) is 0 Å². The van der Waals surface area contributed by atoms with Gasteiger partial charge in [-0.2, -0.15) is 57.1 Å². The quantitative estimate of drug-likeness (QED) is 0.525. The summed E-state index contributed by atoms with van der Waals surface area (Å²) in [6.45, 7) is 0. The molecule has 0 radical (unpaired) electrons. The Labute approximate surface area is 146 Å². The molecule has 0 saturated carbocycles. The number of benzene rings is 1. The van der Waals surface area contributed by atoms with E-state index in [-0.39, 0.29) is 24.3 Å². The summed E-state index contributed by atoms with van der Waals surface area (Å²) in [6, 6.07) is 0.173. The third-order valence-corrected chi connectivity index (χ3v) is 3.50. The molecular weight excluding hydrogens is 434 g/mol. The summed E-state index contributed by atoms with van der Waals surface area (Å²) < 4.78 is 169. The van der Waals surface area contributed by atoms with Gasteiger partial charge in [-0.05, 0) is 5.46 Å². The number of rotatable bonds is 6. The second-order valence-electron chi connectivity index (χ2n) is 5.37. The summed E-state index contributed by atoms with van der Waals surface area (Å²) in [6.07, 6.45) is -7.47. The third kappa shape index (κ3) is 3.29. The van der Waals surface area contributed by atoms with Gasteiger partial charge in [-0.25, -0.2) is 0 Å². The van der Waals surface area contributed by atoms with Crippen molar-refractivity contribution in [2.45, 2.75) is 35.8 Å². The first-order valence-corrected chi connectivity index (χ1v) is 6.58. The van der Waals surface area contributed by atoms with Crippen molar-refractivity contribution in [1.29, 1.82) is 0 Å². The van der Waals surface area contributed by atoms with E-state index < -0.39 is 53.9 Å². The topological polar surface area (TPSA) is 40.5 Å². The van der Waals surface area contributed by atoms with Crippen molar-refractivity contribution < 1.29 is 67.1 Å². The molecule has 0 unspecified atom stereocenters. The molecule has 2 N–H and O–H groups in total. The van der Waals surface area contributed by atoms with Crippen LogP contribution in [-0.2, 0) is 5.92 Å². The summed E-state index contributed by atoms with van der Waals surface area (Å²) >= 11 is 0. The Kier molecular flexibility index (Phi) is 5.80. The highest BCUT2D eigenvalue weighted by atomic mass is 19.4. The Morgan fingerprint density at radius 3 is 1.21 bits per heavy atom. The van der Waals surface area contributed by atoms with Crippen LogP contribution >= 0.6 is 0 Å². The van der Waals surface area contributed by atoms with E-state index in [1.807, 2.05) is 0 Å². The van der Waals surface area contributed by atoms with Gasteiger partial charge in [-0.15, -0.1) is 0 Å². The highest BCUT2D eigenvalue weighted by molar-refractivity contribution is 6.58. The Morgan fingerprint density at radius 2 is 0.893 bits per heavy atom. The monoisotopic (exact) mass is 440 g/mol. The van der Waals surface area contributed by atoms with Gasteiger partial charge in [0, 0.05) is 5.56 Å². The van der Waals surface area contributed by atoms with Gasteiger partial charge in [0.05, 0.1) is 0 Å². The minimum Gasteiger partial charge on any atom is -0.423 e. The molecule has 0 bridgehead atoms. The lowest BCUT2D eigenvalue weighted by atomic mass is 9.79. The lowest BCUT2D eigenvalue weighted by Gasteiger charge is -2.39. The molecule has 160 valence electrons. The van der Waals surface area contributed by atoms with E-state index in [1.54, 1.807) is 0 Å². The van der Waals surface area contributed by atoms with Crippen LogP contribution in [0.2, 0.25) is 0 Å². The second-order valence-corrected chi connectivity index (χ2v) is 5.37. The van der Waals surface area contributed by atoms with Gasteiger partial charge in [-0.3, -0.25) is 0 Å². The van der Waals surface area contributed by atoms with E-state index in [4.69, 9.17) is 10.0 Å². The molecule has 0 aliphatic heterocycles. The Bertz CT molecular complexity index is 696. The van der Waals surface area contributed by atoms with Gasteiger partial charge >= 0.3 is 42.9 Å². The molecule has 2 nitrogen and oxygen atoms in total. The normalized spacial score (nSPS) is 15.0. The van der Waals surface area contributed by atoms with Crippen molar-refractivity contribution >= 4 is 12.6 Å². The average Bonchev–Trinajstić information content (AvgIpc) is 2.53. The predicted molar refractivity (Wildman–Crippen MR) is 66.0 cm³/mol. The first-order chi connectivity index (χ1) is 12.2.